The summed E-state index contributed by atoms with van der Waals surface area (Å²) in [5, 5.41) is 20.2. The number of aromatic nitrogens is 12. The van der Waals surface area contributed by atoms with Crippen molar-refractivity contribution in [3.8, 4) is 85.0 Å². The molecule has 0 spiro atoms. The van der Waals surface area contributed by atoms with Crippen molar-refractivity contribution in [2.24, 2.45) is 0 Å². The second-order valence-corrected chi connectivity index (χ2v) is 37.9. The average molecular weight is 1920 g/mol. The van der Waals surface area contributed by atoms with Gasteiger partial charge in [0, 0.05) is 101 Å². The Morgan fingerprint density at radius 3 is 1.04 bits per heavy atom. The Bertz CT molecular complexity index is 10200. The molecule has 0 amide bonds. The molecule has 16 heterocycles. The minimum Gasteiger partial charge on any atom is -0.434 e. The Morgan fingerprint density at radius 2 is 0.595 bits per heavy atom. The van der Waals surface area contributed by atoms with Gasteiger partial charge in [-0.3, -0.25) is 0 Å². The van der Waals surface area contributed by atoms with E-state index in [9.17, 15) is 0 Å². The molecule has 0 saturated heterocycles. The standard InChI is InChI=1S/C37H23N3S.C31H17N5O.C30H18N4O.C29H17N5O/c1-2-10-24(11-3-1)37-38-30-21-20-26(23-35(30)41-37)25-12-8-13-27(22-25)39-32-17-6-7-18-33(32)40-31-16-5-4-14-28(31)29-15-9-19-34(39)36(29)40;32-17-19-16-28-30(33-18-19)34-31(37-28)20-12-14-21(15-13-20)35-25-9-3-4-10-26(25)36-24-8-2-1-6-22(24)23-7-5-11-27(35)29(23)36;1-2-9-23-21(7-1)22-8-5-12-26-28(22)34(23)25-11-4-3-10-24(25)33(26)20-16-14-19(15-17-20)30-32-29-27(35-30)13-6-18-31-29;1-2-9-22-19(7-1)20-8-5-12-25-27(20)34(22)24-11-4-3-10-23(24)33(25)18-14-15-21(31-17-18)29-32-28-26(35-29)13-6-16-30-28/h1-23H;1-16,18H;1-18H;1-17H. The number of para-hydroxylation sites is 16. The predicted molar refractivity (Wildman–Crippen MR) is 595 cm³/mol. The summed E-state index contributed by atoms with van der Waals surface area (Å²) in [6.45, 7) is 0. The third-order valence-corrected chi connectivity index (χ3v) is 29.7. The zero-order valence-electron chi connectivity index (χ0n) is 78.5. The van der Waals surface area contributed by atoms with Crippen molar-refractivity contribution in [1.29, 1.82) is 5.26 Å². The maximum atomic E-state index is 9.14. The lowest BCUT2D eigenvalue weighted by Gasteiger charge is -2.33. The molecule has 0 atom stereocenters. The van der Waals surface area contributed by atoms with Crippen LogP contribution in [0, 0.1) is 11.3 Å². The number of anilines is 12. The number of fused-ring (bicyclic) bond motifs is 24. The molecule has 148 heavy (non-hydrogen) atoms. The van der Waals surface area contributed by atoms with Crippen LogP contribution < -0.4 is 19.6 Å². The van der Waals surface area contributed by atoms with Gasteiger partial charge in [0.1, 0.15) is 16.8 Å². The van der Waals surface area contributed by atoms with Gasteiger partial charge < -0.3 is 51.1 Å². The first-order valence-corrected chi connectivity index (χ1v) is 49.7. The van der Waals surface area contributed by atoms with Crippen LogP contribution in [-0.2, 0) is 0 Å². The second-order valence-electron chi connectivity index (χ2n) is 36.9. The molecule has 4 aliphatic rings. The van der Waals surface area contributed by atoms with Crippen LogP contribution in [0.3, 0.4) is 0 Å². The molecule has 12 aromatic heterocycles. The maximum Gasteiger partial charge on any atom is 0.247 e. The molecule has 33 rings (SSSR count). The number of hydrogen-bond donors (Lipinski definition) is 0. The zero-order valence-corrected chi connectivity index (χ0v) is 79.4. The molecule has 21 heteroatoms. The molecular weight excluding hydrogens is 1840 g/mol. The number of thiazole rings is 1. The van der Waals surface area contributed by atoms with Gasteiger partial charge in [-0.25, -0.2) is 24.9 Å². The van der Waals surface area contributed by atoms with Gasteiger partial charge in [-0.05, 0) is 217 Å². The van der Waals surface area contributed by atoms with Crippen LogP contribution in [0.15, 0.2) is 469 Å². The fraction of sp³-hybridized carbons (Fsp3) is 0. The zero-order chi connectivity index (χ0) is 97.3. The van der Waals surface area contributed by atoms with Crippen LogP contribution in [0.1, 0.15) is 5.56 Å². The number of benzene rings is 17. The van der Waals surface area contributed by atoms with E-state index in [-0.39, 0.29) is 0 Å². The van der Waals surface area contributed by atoms with Gasteiger partial charge in [-0.15, -0.1) is 11.3 Å². The third kappa shape index (κ3) is 13.1. The summed E-state index contributed by atoms with van der Waals surface area (Å²) < 4.78 is 28.5. The van der Waals surface area contributed by atoms with Crippen LogP contribution in [0.25, 0.3) is 210 Å². The Labute approximate surface area is 847 Å². The number of pyridine rings is 4. The molecule has 20 nitrogen and oxygen atoms in total. The summed E-state index contributed by atoms with van der Waals surface area (Å²) in [4.78, 5) is 45.3. The first-order chi connectivity index (χ1) is 73.4. The molecule has 0 saturated carbocycles. The van der Waals surface area contributed by atoms with Crippen molar-refractivity contribution >= 4 is 211 Å². The number of nitriles is 1. The predicted octanol–water partition coefficient (Wildman–Crippen LogP) is 33.1. The molecule has 0 N–H and O–H groups in total. The van der Waals surface area contributed by atoms with E-state index < -0.39 is 0 Å². The van der Waals surface area contributed by atoms with Crippen molar-refractivity contribution in [2.75, 3.05) is 19.6 Å². The normalized spacial score (nSPS) is 12.4. The van der Waals surface area contributed by atoms with Crippen LogP contribution in [0.4, 0.5) is 68.2 Å². The van der Waals surface area contributed by atoms with E-state index in [0.29, 0.717) is 62.6 Å². The quantitative estimate of drug-likeness (QED) is 0.132. The molecule has 17 aromatic carbocycles. The van der Waals surface area contributed by atoms with Gasteiger partial charge in [0.05, 0.1) is 140 Å². The lowest BCUT2D eigenvalue weighted by Crippen LogP contribution is -2.18. The van der Waals surface area contributed by atoms with Gasteiger partial charge in [-0.2, -0.15) is 20.2 Å². The lowest BCUT2D eigenvalue weighted by molar-refractivity contribution is 0.616. The van der Waals surface area contributed by atoms with Gasteiger partial charge >= 0.3 is 0 Å². The minimum atomic E-state index is 0.445. The Morgan fingerprint density at radius 1 is 0.236 bits per heavy atom. The molecule has 0 aliphatic carbocycles. The van der Waals surface area contributed by atoms with E-state index in [4.69, 9.17) is 28.5 Å². The summed E-state index contributed by atoms with van der Waals surface area (Å²) in [6.07, 6.45) is 6.82. The average Bonchev–Trinajstić information content (AvgIpc) is 1.56. The highest BCUT2D eigenvalue weighted by Crippen LogP contribution is 2.56. The Kier molecular flexibility index (Phi) is 18.8. The molecule has 0 bridgehead atoms. The summed E-state index contributed by atoms with van der Waals surface area (Å²) in [6, 6.07) is 153. The lowest BCUT2D eigenvalue weighted by atomic mass is 10.0. The van der Waals surface area contributed by atoms with Crippen LogP contribution in [-0.4, -0.2) is 58.1 Å². The first-order valence-electron chi connectivity index (χ1n) is 48.9. The van der Waals surface area contributed by atoms with Crippen molar-refractivity contribution < 1.29 is 13.3 Å². The minimum absolute atomic E-state index is 0.445. The number of hydrogen-bond acceptors (Lipinski definition) is 17. The van der Waals surface area contributed by atoms with Crippen molar-refractivity contribution in [3.63, 3.8) is 0 Å². The van der Waals surface area contributed by atoms with E-state index in [2.05, 4.69) is 450 Å². The highest BCUT2D eigenvalue weighted by molar-refractivity contribution is 7.21. The van der Waals surface area contributed by atoms with Crippen molar-refractivity contribution in [1.82, 2.24) is 58.1 Å². The third-order valence-electron chi connectivity index (χ3n) is 28.6. The highest BCUT2D eigenvalue weighted by Gasteiger charge is 2.35. The molecular formula is C127H75N17O3S. The smallest absolute Gasteiger partial charge is 0.247 e. The molecule has 29 aromatic rings. The number of nitrogens with zero attached hydrogens (tertiary/aromatic N) is 17. The summed E-state index contributed by atoms with van der Waals surface area (Å²) in [5.74, 6) is 1.52. The molecule has 0 radical (unpaired) electrons. The van der Waals surface area contributed by atoms with E-state index in [0.717, 1.165) is 95.5 Å². The van der Waals surface area contributed by atoms with Gasteiger partial charge in [-0.1, -0.05) is 218 Å². The van der Waals surface area contributed by atoms with E-state index in [1.54, 1.807) is 29.8 Å². The topological polar surface area (TPSA) is 199 Å². The van der Waals surface area contributed by atoms with Crippen LogP contribution in [0.2, 0.25) is 0 Å². The molecule has 692 valence electrons. The Balaban J connectivity index is 0.0000000912. The first kappa shape index (κ1) is 83.3. The Hall–Kier alpha value is -20.5. The highest BCUT2D eigenvalue weighted by atomic mass is 32.1. The SMILES string of the molecule is N#Cc1cnc2nc(-c3ccc(N4c5ccccc5-n5c6ccccc6c6cccc4c65)cc3)oc2c1.c1ccc(-c2nc3ccc(-c4cccc(N5c6ccccc6-n6c7ccccc7c7cccc5c76)c4)cc3s2)cc1.c1ccc2c(c1)N(c1ccc(-c3nc4ncccc4o3)cc1)c1cccc3c4ccccc4n-2c13.c1ccc2c(c1)N(c1ccc(-c3nc4ncccc4o3)nc1)c1cccc3c4ccccc4n-2c13. The molecule has 4 aliphatic heterocycles. The monoisotopic (exact) mass is 1920 g/mol. The van der Waals surface area contributed by atoms with Crippen molar-refractivity contribution in [2.45, 2.75) is 0 Å². The molecule has 0 fully saturated rings. The van der Waals surface area contributed by atoms with Gasteiger partial charge in [0.2, 0.25) is 17.7 Å². The summed E-state index contributed by atoms with van der Waals surface area (Å²) in [7, 11) is 0. The summed E-state index contributed by atoms with van der Waals surface area (Å²) >= 11 is 1.75. The van der Waals surface area contributed by atoms with Gasteiger partial charge in [0.25, 0.3) is 0 Å². The van der Waals surface area contributed by atoms with Gasteiger partial charge in [0.15, 0.2) is 33.7 Å². The second kappa shape index (κ2) is 33.3. The van der Waals surface area contributed by atoms with Crippen molar-refractivity contribution in [3.05, 3.63) is 461 Å². The van der Waals surface area contributed by atoms with E-state index in [1.807, 2.05) is 54.7 Å². The number of oxazole rings is 3. The fourth-order valence-corrected chi connectivity index (χ4v) is 23.3. The number of rotatable bonds is 9. The van der Waals surface area contributed by atoms with Crippen LogP contribution >= 0.6 is 11.3 Å². The van der Waals surface area contributed by atoms with Crippen LogP contribution in [0.5, 0.6) is 0 Å². The van der Waals surface area contributed by atoms with E-state index in [1.165, 1.54) is 132 Å². The largest absolute Gasteiger partial charge is 0.434 e. The fourth-order valence-electron chi connectivity index (χ4n) is 22.3. The maximum absolute atomic E-state index is 9.14. The molecule has 0 unspecified atom stereocenters. The van der Waals surface area contributed by atoms with E-state index >= 15 is 0 Å². The summed E-state index contributed by atoms with van der Waals surface area (Å²) in [5.41, 5.74) is 38.8.